The normalized spacial score (nSPS) is 11.9. The summed E-state index contributed by atoms with van der Waals surface area (Å²) in [7, 11) is -4.21. The quantitative estimate of drug-likeness (QED) is 0.338. The second-order valence-corrected chi connectivity index (χ2v) is 10.7. The van der Waals surface area contributed by atoms with Crippen LogP contribution in [0.25, 0.3) is 0 Å². The van der Waals surface area contributed by atoms with Gasteiger partial charge in [-0.15, -0.1) is 0 Å². The van der Waals surface area contributed by atoms with Crippen LogP contribution < -0.4 is 14.4 Å². The fraction of sp³-hybridized carbons (Fsp3) is 0.310. The second kappa shape index (κ2) is 13.7. The maximum absolute atomic E-state index is 13.9. The third-order valence-corrected chi connectivity index (χ3v) is 7.80. The number of anilines is 1. The molecule has 0 fully saturated rings. The Kier molecular flexibility index (Phi) is 10.4. The monoisotopic (exact) mass is 555 g/mol. The van der Waals surface area contributed by atoms with Gasteiger partial charge in [0.25, 0.3) is 10.0 Å². The number of nitrogens with zero attached hydrogens (tertiary/aromatic N) is 2. The van der Waals surface area contributed by atoms with Crippen LogP contribution in [-0.2, 0) is 26.2 Å². The zero-order valence-electron chi connectivity index (χ0n) is 22.3. The van der Waals surface area contributed by atoms with E-state index in [-0.39, 0.29) is 29.6 Å². The van der Waals surface area contributed by atoms with E-state index in [9.17, 15) is 22.4 Å². The van der Waals surface area contributed by atoms with Crippen molar-refractivity contribution >= 4 is 27.5 Å². The van der Waals surface area contributed by atoms with Gasteiger partial charge in [-0.05, 0) is 62.2 Å². The minimum Gasteiger partial charge on any atom is -0.492 e. The van der Waals surface area contributed by atoms with Crippen LogP contribution in [0.2, 0.25) is 0 Å². The lowest BCUT2D eigenvalue weighted by atomic mass is 10.1. The van der Waals surface area contributed by atoms with Crippen molar-refractivity contribution in [1.29, 1.82) is 0 Å². The average molecular weight is 556 g/mol. The fourth-order valence-corrected chi connectivity index (χ4v) is 5.38. The highest BCUT2D eigenvalue weighted by Gasteiger charge is 2.33. The molecular weight excluding hydrogens is 521 g/mol. The molecule has 0 unspecified atom stereocenters. The number of sulfonamides is 1. The summed E-state index contributed by atoms with van der Waals surface area (Å²) in [6, 6.07) is 19.0. The molecular formula is C29H34FN3O5S. The Labute approximate surface area is 229 Å². The molecule has 1 atom stereocenters. The van der Waals surface area contributed by atoms with E-state index in [4.69, 9.17) is 4.74 Å². The Bertz CT molecular complexity index is 1350. The van der Waals surface area contributed by atoms with Gasteiger partial charge in [0, 0.05) is 13.1 Å². The number of hydrogen-bond acceptors (Lipinski definition) is 5. The van der Waals surface area contributed by atoms with E-state index in [1.54, 1.807) is 56.3 Å². The van der Waals surface area contributed by atoms with Crippen molar-refractivity contribution in [3.63, 3.8) is 0 Å². The molecule has 208 valence electrons. The molecule has 0 saturated heterocycles. The molecule has 0 aliphatic heterocycles. The molecule has 3 aromatic rings. The van der Waals surface area contributed by atoms with Crippen LogP contribution in [-0.4, -0.2) is 50.9 Å². The fourth-order valence-electron chi connectivity index (χ4n) is 3.94. The molecule has 0 aliphatic carbocycles. The van der Waals surface area contributed by atoms with Gasteiger partial charge in [-0.2, -0.15) is 0 Å². The number of ether oxygens (including phenoxy) is 1. The molecule has 1 N–H and O–H groups in total. The first-order valence-electron chi connectivity index (χ1n) is 12.8. The number of amides is 2. The lowest BCUT2D eigenvalue weighted by Gasteiger charge is -2.32. The minimum atomic E-state index is -4.21. The van der Waals surface area contributed by atoms with Crippen LogP contribution >= 0.6 is 0 Å². The number of carbonyl (C=O) groups excluding carboxylic acids is 2. The SMILES string of the molecule is CCCNC(=O)[C@@H](C)N(Cc1ccc(F)cc1)C(=O)CN(c1ccccc1OCC)S(=O)(=O)c1ccccc1. The number of nitrogens with one attached hydrogen (secondary N) is 1. The molecule has 8 nitrogen and oxygen atoms in total. The van der Waals surface area contributed by atoms with E-state index in [1.807, 2.05) is 6.92 Å². The van der Waals surface area contributed by atoms with Gasteiger partial charge >= 0.3 is 0 Å². The van der Waals surface area contributed by atoms with Crippen LogP contribution in [0.5, 0.6) is 5.75 Å². The zero-order chi connectivity index (χ0) is 28.4. The van der Waals surface area contributed by atoms with Gasteiger partial charge in [-0.1, -0.05) is 49.4 Å². The molecule has 3 rings (SSSR count). The number of halogens is 1. The third kappa shape index (κ3) is 7.57. The first-order chi connectivity index (χ1) is 18.7. The van der Waals surface area contributed by atoms with Crippen LogP contribution in [0, 0.1) is 5.82 Å². The summed E-state index contributed by atoms with van der Waals surface area (Å²) in [5.74, 6) is -1.12. The molecule has 0 aromatic heterocycles. The molecule has 0 saturated carbocycles. The first kappa shape index (κ1) is 29.6. The summed E-state index contributed by atoms with van der Waals surface area (Å²) >= 11 is 0. The van der Waals surface area contributed by atoms with E-state index in [0.717, 1.165) is 4.31 Å². The van der Waals surface area contributed by atoms with E-state index in [2.05, 4.69) is 5.32 Å². The van der Waals surface area contributed by atoms with Gasteiger partial charge in [-0.25, -0.2) is 12.8 Å². The van der Waals surface area contributed by atoms with E-state index in [1.165, 1.54) is 41.3 Å². The molecule has 0 heterocycles. The predicted octanol–water partition coefficient (Wildman–Crippen LogP) is 4.36. The molecule has 10 heteroatoms. The summed E-state index contributed by atoms with van der Waals surface area (Å²) in [5, 5.41) is 2.78. The number of para-hydroxylation sites is 2. The summed E-state index contributed by atoms with van der Waals surface area (Å²) in [4.78, 5) is 28.1. The Morgan fingerprint density at radius 1 is 0.949 bits per heavy atom. The Balaban J connectivity index is 2.05. The highest BCUT2D eigenvalue weighted by molar-refractivity contribution is 7.92. The molecule has 0 bridgehead atoms. The number of carbonyl (C=O) groups is 2. The topological polar surface area (TPSA) is 96.0 Å². The second-order valence-electron chi connectivity index (χ2n) is 8.84. The summed E-state index contributed by atoms with van der Waals surface area (Å²) in [6.45, 7) is 5.37. The van der Waals surface area contributed by atoms with Gasteiger partial charge in [0.15, 0.2) is 0 Å². The Morgan fingerprint density at radius 3 is 2.23 bits per heavy atom. The minimum absolute atomic E-state index is 0.00271. The van der Waals surface area contributed by atoms with E-state index >= 15 is 0 Å². The Morgan fingerprint density at radius 2 is 1.59 bits per heavy atom. The summed E-state index contributed by atoms with van der Waals surface area (Å²) < 4.78 is 48.0. The van der Waals surface area contributed by atoms with Crippen molar-refractivity contribution in [3.8, 4) is 5.75 Å². The molecule has 3 aromatic carbocycles. The van der Waals surface area contributed by atoms with E-state index < -0.39 is 34.3 Å². The number of benzene rings is 3. The highest BCUT2D eigenvalue weighted by atomic mass is 32.2. The molecule has 0 radical (unpaired) electrons. The van der Waals surface area contributed by atoms with E-state index in [0.29, 0.717) is 24.3 Å². The lowest BCUT2D eigenvalue weighted by Crippen LogP contribution is -2.51. The summed E-state index contributed by atoms with van der Waals surface area (Å²) in [6.07, 6.45) is 0.710. The smallest absolute Gasteiger partial charge is 0.264 e. The zero-order valence-corrected chi connectivity index (χ0v) is 23.2. The lowest BCUT2D eigenvalue weighted by molar-refractivity contribution is -0.139. The molecule has 2 amide bonds. The van der Waals surface area contributed by atoms with Crippen LogP contribution in [0.3, 0.4) is 0 Å². The van der Waals surface area contributed by atoms with Crippen molar-refractivity contribution in [2.75, 3.05) is 24.0 Å². The van der Waals surface area contributed by atoms with Crippen molar-refractivity contribution in [2.45, 2.75) is 44.7 Å². The number of rotatable bonds is 13. The van der Waals surface area contributed by atoms with Gasteiger partial charge in [0.05, 0.1) is 17.2 Å². The van der Waals surface area contributed by atoms with Gasteiger partial charge < -0.3 is 15.0 Å². The largest absolute Gasteiger partial charge is 0.492 e. The van der Waals surface area contributed by atoms with Crippen LogP contribution in [0.15, 0.2) is 83.8 Å². The molecule has 0 aliphatic rings. The number of hydrogen-bond donors (Lipinski definition) is 1. The standard InChI is InChI=1S/C29H34FN3O5S/c1-4-19-31-29(35)22(3)32(20-23-15-17-24(30)18-16-23)28(34)21-33(26-13-9-10-14-27(26)38-5-2)39(36,37)25-11-7-6-8-12-25/h6-18,22H,4-5,19-21H2,1-3H3,(H,31,35)/t22-/m1/s1. The predicted molar refractivity (Wildman–Crippen MR) is 148 cm³/mol. The summed E-state index contributed by atoms with van der Waals surface area (Å²) in [5.41, 5.74) is 0.786. The van der Waals surface area contributed by atoms with Gasteiger partial charge in [-0.3, -0.25) is 13.9 Å². The van der Waals surface area contributed by atoms with Crippen molar-refractivity contribution in [2.24, 2.45) is 0 Å². The highest BCUT2D eigenvalue weighted by Crippen LogP contribution is 2.32. The van der Waals surface area contributed by atoms with Crippen LogP contribution in [0.1, 0.15) is 32.8 Å². The average Bonchev–Trinajstić information content (AvgIpc) is 2.94. The van der Waals surface area contributed by atoms with Crippen molar-refractivity contribution in [3.05, 3.63) is 90.2 Å². The van der Waals surface area contributed by atoms with Crippen molar-refractivity contribution in [1.82, 2.24) is 10.2 Å². The van der Waals surface area contributed by atoms with Crippen molar-refractivity contribution < 1.29 is 27.1 Å². The van der Waals surface area contributed by atoms with Gasteiger partial charge in [0.1, 0.15) is 24.2 Å². The van der Waals surface area contributed by atoms with Gasteiger partial charge in [0.2, 0.25) is 11.8 Å². The third-order valence-electron chi connectivity index (χ3n) is 6.03. The first-order valence-corrected chi connectivity index (χ1v) is 14.2. The Hall–Kier alpha value is -3.92. The maximum Gasteiger partial charge on any atom is 0.264 e. The van der Waals surface area contributed by atoms with Crippen LogP contribution in [0.4, 0.5) is 10.1 Å². The molecule has 0 spiro atoms. The maximum atomic E-state index is 13.9. The molecule has 39 heavy (non-hydrogen) atoms.